The van der Waals surface area contributed by atoms with Gasteiger partial charge in [0.15, 0.2) is 4.90 Å². The molecule has 2 heterocycles. The molecule has 0 amide bonds. The van der Waals surface area contributed by atoms with E-state index >= 15 is 0 Å². The highest BCUT2D eigenvalue weighted by molar-refractivity contribution is 7.97. The van der Waals surface area contributed by atoms with E-state index < -0.39 is 10.2 Å². The summed E-state index contributed by atoms with van der Waals surface area (Å²) in [4.78, 5) is 4.70. The number of benzene rings is 2. The predicted octanol–water partition coefficient (Wildman–Crippen LogP) is 3.56. The summed E-state index contributed by atoms with van der Waals surface area (Å²) in [5, 5.41) is 12.0. The summed E-state index contributed by atoms with van der Waals surface area (Å²) in [5.74, 6) is 1.14. The van der Waals surface area contributed by atoms with Gasteiger partial charge >= 0.3 is 5.03 Å². The Morgan fingerprint density at radius 2 is 1.91 bits per heavy atom. The molecule has 168 valence electrons. The number of methoxy groups -OCH3 is 1. The number of nitrogens with one attached hydrogen (secondary N) is 1. The third-order valence-electron chi connectivity index (χ3n) is 4.91. The maximum absolute atomic E-state index is 13.3. The van der Waals surface area contributed by atoms with Gasteiger partial charge in [0, 0.05) is 18.5 Å². The van der Waals surface area contributed by atoms with Crippen molar-refractivity contribution >= 4 is 32.6 Å². The van der Waals surface area contributed by atoms with Crippen molar-refractivity contribution in [2.45, 2.75) is 36.3 Å². The van der Waals surface area contributed by atoms with Gasteiger partial charge in [-0.25, -0.2) is 4.98 Å². The normalized spacial score (nSPS) is 13.5. The van der Waals surface area contributed by atoms with Crippen LogP contribution in [0.2, 0.25) is 0 Å². The molecule has 1 unspecified atom stereocenters. The lowest BCUT2D eigenvalue weighted by Crippen LogP contribution is -2.13. The van der Waals surface area contributed by atoms with Crippen molar-refractivity contribution < 1.29 is 18.2 Å². The second-order valence-electron chi connectivity index (χ2n) is 7.49. The summed E-state index contributed by atoms with van der Waals surface area (Å²) in [7, 11) is -2.41. The first kappa shape index (κ1) is 22.1. The van der Waals surface area contributed by atoms with Crippen LogP contribution in [-0.2, 0) is 19.2 Å². The van der Waals surface area contributed by atoms with Gasteiger partial charge in [-0.15, -0.1) is 0 Å². The van der Waals surface area contributed by atoms with E-state index in [-0.39, 0.29) is 21.7 Å². The smallest absolute Gasteiger partial charge is 0.317 e. The third kappa shape index (κ3) is 4.29. The largest absolute Gasteiger partial charge is 0.604 e. The SMILES string of the molecule is COc1ccc([S+](=O)([O-])c2nnn3c2nc(NCCCOC(C)C)c2ccccc23)cc1. The van der Waals surface area contributed by atoms with Crippen LogP contribution in [0.1, 0.15) is 20.3 Å². The molecule has 0 aliphatic heterocycles. The Kier molecular flexibility index (Phi) is 6.35. The van der Waals surface area contributed by atoms with Crippen LogP contribution in [0.4, 0.5) is 5.82 Å². The van der Waals surface area contributed by atoms with Gasteiger partial charge in [-0.1, -0.05) is 26.7 Å². The Labute approximate surface area is 187 Å². The van der Waals surface area contributed by atoms with E-state index in [0.717, 1.165) is 11.8 Å². The van der Waals surface area contributed by atoms with E-state index in [2.05, 4.69) is 20.6 Å². The molecule has 0 aliphatic carbocycles. The molecule has 0 radical (unpaired) electrons. The molecule has 0 bridgehead atoms. The average molecular weight is 456 g/mol. The zero-order valence-electron chi connectivity index (χ0n) is 18.1. The van der Waals surface area contributed by atoms with Crippen molar-refractivity contribution in [3.05, 3.63) is 48.5 Å². The van der Waals surface area contributed by atoms with Gasteiger partial charge < -0.3 is 19.3 Å². The molecule has 2 aromatic heterocycles. The standard InChI is InChI=1S/C22H25N5O4S/c1-15(2)31-14-6-13-23-20-18-7-4-5-8-19(18)27-21(24-20)22(25-26-27)32(28,29)17-11-9-16(30-3)10-12-17/h4-5,7-12,15H,6,13-14H2,1-3H3,(H-,23,24,28,29). The first-order valence-electron chi connectivity index (χ1n) is 10.3. The fourth-order valence-electron chi connectivity index (χ4n) is 3.32. The lowest BCUT2D eigenvalue weighted by molar-refractivity contribution is 0.0787. The molecule has 4 rings (SSSR count). The minimum Gasteiger partial charge on any atom is -0.604 e. The molecule has 0 saturated heterocycles. The molecular formula is C22H25N5O4S. The summed E-state index contributed by atoms with van der Waals surface area (Å²) >= 11 is 0. The fourth-order valence-corrected chi connectivity index (χ4v) is 4.55. The Morgan fingerprint density at radius 3 is 2.62 bits per heavy atom. The van der Waals surface area contributed by atoms with Crippen LogP contribution in [0.25, 0.3) is 16.6 Å². The zero-order valence-corrected chi connectivity index (χ0v) is 19.0. The molecule has 0 spiro atoms. The van der Waals surface area contributed by atoms with Crippen molar-refractivity contribution in [3.8, 4) is 5.75 Å². The van der Waals surface area contributed by atoms with E-state index in [1.54, 1.807) is 12.1 Å². The molecule has 9 nitrogen and oxygen atoms in total. The van der Waals surface area contributed by atoms with E-state index in [1.165, 1.54) is 23.8 Å². The third-order valence-corrected chi connectivity index (χ3v) is 6.58. The fraction of sp³-hybridized carbons (Fsp3) is 0.318. The highest BCUT2D eigenvalue weighted by Crippen LogP contribution is 2.31. The maximum Gasteiger partial charge on any atom is 0.317 e. The van der Waals surface area contributed by atoms with Gasteiger partial charge in [0.2, 0.25) is 5.65 Å². The number of ether oxygens (including phenoxy) is 2. The van der Waals surface area contributed by atoms with Crippen LogP contribution in [0, 0.1) is 0 Å². The number of fused-ring (bicyclic) bond motifs is 3. The average Bonchev–Trinajstić information content (AvgIpc) is 3.23. The van der Waals surface area contributed by atoms with Crippen LogP contribution < -0.4 is 10.1 Å². The molecule has 1 N–H and O–H groups in total. The van der Waals surface area contributed by atoms with Crippen molar-refractivity contribution in [1.29, 1.82) is 0 Å². The van der Waals surface area contributed by atoms with Crippen LogP contribution >= 0.6 is 0 Å². The quantitative estimate of drug-likeness (QED) is 0.301. The summed E-state index contributed by atoms with van der Waals surface area (Å²) in [6.07, 6.45) is 0.960. The first-order valence-corrected chi connectivity index (χ1v) is 11.8. The van der Waals surface area contributed by atoms with Crippen molar-refractivity contribution in [3.63, 3.8) is 0 Å². The molecule has 32 heavy (non-hydrogen) atoms. The number of hydrogen-bond donors (Lipinski definition) is 1. The van der Waals surface area contributed by atoms with Crippen LogP contribution in [0.3, 0.4) is 0 Å². The van der Waals surface area contributed by atoms with Crippen LogP contribution in [-0.4, -0.2) is 50.7 Å². The van der Waals surface area contributed by atoms with Gasteiger partial charge in [0.1, 0.15) is 21.8 Å². The lowest BCUT2D eigenvalue weighted by Gasteiger charge is -2.13. The Hall–Kier alpha value is -3.08. The number of nitrogens with zero attached hydrogens (tertiary/aromatic N) is 4. The predicted molar refractivity (Wildman–Crippen MR) is 121 cm³/mol. The van der Waals surface area contributed by atoms with E-state index in [1.807, 2.05) is 38.1 Å². The van der Waals surface area contributed by atoms with Crippen LogP contribution in [0.5, 0.6) is 5.75 Å². The van der Waals surface area contributed by atoms with E-state index in [0.29, 0.717) is 30.2 Å². The summed E-state index contributed by atoms with van der Waals surface area (Å²) in [6.45, 7) is 5.24. The van der Waals surface area contributed by atoms with Crippen molar-refractivity contribution in [2.24, 2.45) is 0 Å². The highest BCUT2D eigenvalue weighted by Gasteiger charge is 2.32. The van der Waals surface area contributed by atoms with E-state index in [9.17, 15) is 8.76 Å². The second kappa shape index (κ2) is 9.19. The highest BCUT2D eigenvalue weighted by atomic mass is 32.3. The number of hydrogen-bond acceptors (Lipinski definition) is 8. The van der Waals surface area contributed by atoms with Crippen LogP contribution in [0.15, 0.2) is 58.5 Å². The first-order chi connectivity index (χ1) is 15.4. The second-order valence-corrected chi connectivity index (χ2v) is 9.35. The maximum atomic E-state index is 13.3. The molecular weight excluding hydrogens is 430 g/mol. The summed E-state index contributed by atoms with van der Waals surface area (Å²) < 4.78 is 38.7. The summed E-state index contributed by atoms with van der Waals surface area (Å²) in [6, 6.07) is 13.7. The monoisotopic (exact) mass is 455 g/mol. The van der Waals surface area contributed by atoms with Gasteiger partial charge in [0.25, 0.3) is 0 Å². The molecule has 1 atom stereocenters. The minimum absolute atomic E-state index is 0.0935. The molecule has 4 aromatic rings. The minimum atomic E-state index is -3.93. The van der Waals surface area contributed by atoms with Gasteiger partial charge in [0.05, 0.1) is 18.7 Å². The van der Waals surface area contributed by atoms with Crippen molar-refractivity contribution in [2.75, 3.05) is 25.6 Å². The molecule has 0 saturated carbocycles. The van der Waals surface area contributed by atoms with Crippen molar-refractivity contribution in [1.82, 2.24) is 19.8 Å². The number of aromatic nitrogens is 4. The molecule has 10 heteroatoms. The number of rotatable bonds is 9. The Bertz CT molecular complexity index is 1270. The van der Waals surface area contributed by atoms with E-state index in [4.69, 9.17) is 9.47 Å². The number of anilines is 1. The molecule has 0 fully saturated rings. The summed E-state index contributed by atoms with van der Waals surface area (Å²) in [5.41, 5.74) is 0.877. The van der Waals surface area contributed by atoms with Gasteiger partial charge in [-0.05, 0) is 56.7 Å². The number of para-hydroxylation sites is 1. The van der Waals surface area contributed by atoms with Gasteiger partial charge in [-0.2, -0.15) is 4.52 Å². The lowest BCUT2D eigenvalue weighted by atomic mass is 10.2. The zero-order chi connectivity index (χ0) is 22.7. The number of sulfone groups is 1. The van der Waals surface area contributed by atoms with Gasteiger partial charge in [-0.3, -0.25) is 0 Å². The molecule has 0 aliphatic rings. The molecule has 2 aromatic carbocycles. The topological polar surface area (TPSA) is 114 Å². The Morgan fingerprint density at radius 1 is 1.16 bits per heavy atom. The Balaban J connectivity index is 1.73.